The highest BCUT2D eigenvalue weighted by atomic mass is 79.9. The Morgan fingerprint density at radius 2 is 1.71 bits per heavy atom. The minimum absolute atomic E-state index is 0.257. The molecule has 24 heavy (non-hydrogen) atoms. The maximum atomic E-state index is 14.3. The predicted molar refractivity (Wildman–Crippen MR) is 84.6 cm³/mol. The lowest BCUT2D eigenvalue weighted by Gasteiger charge is -2.11. The Labute approximate surface area is 143 Å². The van der Waals surface area contributed by atoms with Gasteiger partial charge in [-0.3, -0.25) is 4.79 Å². The summed E-state index contributed by atoms with van der Waals surface area (Å²) in [4.78, 5) is 10.6. The van der Waals surface area contributed by atoms with Gasteiger partial charge in [-0.05, 0) is 23.8 Å². The van der Waals surface area contributed by atoms with Gasteiger partial charge in [-0.2, -0.15) is 0 Å². The van der Waals surface area contributed by atoms with Gasteiger partial charge in [-0.25, -0.2) is 13.2 Å². The van der Waals surface area contributed by atoms with E-state index in [9.17, 15) is 18.0 Å². The van der Waals surface area contributed by atoms with Crippen molar-refractivity contribution >= 4 is 27.6 Å². The van der Waals surface area contributed by atoms with Crippen LogP contribution >= 0.6 is 15.9 Å². The van der Waals surface area contributed by atoms with Crippen LogP contribution in [0.5, 0.6) is 0 Å². The molecule has 0 saturated heterocycles. The lowest BCUT2D eigenvalue weighted by molar-refractivity contribution is -0.136. The average molecular weight is 402 g/mol. The van der Waals surface area contributed by atoms with E-state index < -0.39 is 47.5 Å². The van der Waals surface area contributed by atoms with Crippen LogP contribution in [0.3, 0.4) is 0 Å². The van der Waals surface area contributed by atoms with E-state index in [2.05, 4.69) is 21.1 Å². The first kappa shape index (κ1) is 18.0. The number of nitrogens with zero attached hydrogens (tertiary/aromatic N) is 1. The van der Waals surface area contributed by atoms with Gasteiger partial charge in [-0.1, -0.05) is 33.2 Å². The van der Waals surface area contributed by atoms with Gasteiger partial charge in [0.25, 0.3) is 0 Å². The molecule has 0 heterocycles. The molecule has 126 valence electrons. The molecule has 0 amide bonds. The summed E-state index contributed by atoms with van der Waals surface area (Å²) in [6.07, 6.45) is -0.967. The van der Waals surface area contributed by atoms with E-state index in [1.54, 1.807) is 12.1 Å². The molecule has 0 aromatic heterocycles. The summed E-state index contributed by atoms with van der Waals surface area (Å²) in [5.41, 5.74) is -1.49. The van der Waals surface area contributed by atoms with E-state index in [4.69, 9.17) is 10.3 Å². The Kier molecular flexibility index (Phi) is 5.61. The minimum atomic E-state index is -1.54. The predicted octanol–water partition coefficient (Wildman–Crippen LogP) is 4.58. The number of carboxylic acids is 1. The maximum absolute atomic E-state index is 14.3. The fourth-order valence-corrected chi connectivity index (χ4v) is 2.41. The van der Waals surface area contributed by atoms with Gasteiger partial charge in [0.05, 0.1) is 17.7 Å². The van der Waals surface area contributed by atoms with Crippen molar-refractivity contribution < 1.29 is 28.3 Å². The Balaban J connectivity index is 2.51. The Hall–Kier alpha value is -2.35. The van der Waals surface area contributed by atoms with Gasteiger partial charge in [0, 0.05) is 16.5 Å². The molecule has 0 radical (unpaired) electrons. The van der Waals surface area contributed by atoms with Gasteiger partial charge in [0.15, 0.2) is 11.6 Å². The highest BCUT2D eigenvalue weighted by Gasteiger charge is 2.24. The topological polar surface area (TPSA) is 69.9 Å². The monoisotopic (exact) mass is 401 g/mol. The molecule has 2 aromatic rings. The van der Waals surface area contributed by atoms with Crippen molar-refractivity contribution in [2.24, 2.45) is 5.16 Å². The number of carboxylic acid groups (broad SMARTS) is 1. The van der Waals surface area contributed by atoms with E-state index in [0.717, 1.165) is 6.07 Å². The smallest absolute Gasteiger partial charge is 0.303 e. The van der Waals surface area contributed by atoms with Crippen LogP contribution in [0.15, 0.2) is 40.0 Å². The summed E-state index contributed by atoms with van der Waals surface area (Å²) in [7, 11) is 0. The first-order chi connectivity index (χ1) is 11.3. The van der Waals surface area contributed by atoms with Crippen LogP contribution in [0.4, 0.5) is 13.2 Å². The molecule has 0 aliphatic carbocycles. The number of carbonyl (C=O) groups is 1. The molecule has 8 heteroatoms. The molecule has 0 fully saturated rings. The summed E-state index contributed by atoms with van der Waals surface area (Å²) in [6, 6.07) is 6.92. The largest absolute Gasteiger partial charge is 0.481 e. The lowest BCUT2D eigenvalue weighted by atomic mass is 9.98. The molecular weight excluding hydrogens is 391 g/mol. The van der Waals surface area contributed by atoms with Gasteiger partial charge < -0.3 is 10.3 Å². The third kappa shape index (κ3) is 3.76. The van der Waals surface area contributed by atoms with Crippen molar-refractivity contribution in [2.45, 2.75) is 12.8 Å². The summed E-state index contributed by atoms with van der Waals surface area (Å²) >= 11 is 3.20. The second-order valence-electron chi connectivity index (χ2n) is 4.86. The quantitative estimate of drug-likeness (QED) is 0.333. The molecule has 0 bridgehead atoms. The zero-order chi connectivity index (χ0) is 17.9. The number of aliphatic carboxylic acids is 1. The molecule has 0 aliphatic heterocycles. The van der Waals surface area contributed by atoms with Gasteiger partial charge in [-0.15, -0.1) is 0 Å². The Bertz CT molecular complexity index is 807. The minimum Gasteiger partial charge on any atom is -0.481 e. The van der Waals surface area contributed by atoms with Crippen molar-refractivity contribution in [1.82, 2.24) is 0 Å². The van der Waals surface area contributed by atoms with Crippen molar-refractivity contribution in [3.8, 4) is 11.1 Å². The number of hydrogen-bond donors (Lipinski definition) is 2. The van der Waals surface area contributed by atoms with Crippen molar-refractivity contribution in [2.75, 3.05) is 0 Å². The zero-order valence-electron chi connectivity index (χ0n) is 12.1. The van der Waals surface area contributed by atoms with E-state index in [1.807, 2.05) is 0 Å². The van der Waals surface area contributed by atoms with Crippen LogP contribution in [-0.4, -0.2) is 22.0 Å². The van der Waals surface area contributed by atoms with Crippen LogP contribution < -0.4 is 0 Å². The standard InChI is InChI=1S/C16H11BrF3NO3/c17-9-3-1-8(2-4-9)10-7-11(18)14(16(20)15(10)19)12(21-24)5-6-13(22)23/h1-4,7,24H,5-6H2,(H,22,23). The molecule has 2 aromatic carbocycles. The molecule has 4 nitrogen and oxygen atoms in total. The average Bonchev–Trinajstić information content (AvgIpc) is 2.54. The SMILES string of the molecule is O=C(O)CCC(=NO)c1c(F)cc(-c2ccc(Br)cc2)c(F)c1F. The van der Waals surface area contributed by atoms with E-state index in [1.165, 1.54) is 12.1 Å². The van der Waals surface area contributed by atoms with E-state index in [-0.39, 0.29) is 11.1 Å². The summed E-state index contributed by atoms with van der Waals surface area (Å²) in [5, 5.41) is 20.2. The van der Waals surface area contributed by atoms with Crippen molar-refractivity contribution in [3.63, 3.8) is 0 Å². The highest BCUT2D eigenvalue weighted by molar-refractivity contribution is 9.10. The Morgan fingerprint density at radius 3 is 2.25 bits per heavy atom. The summed E-state index contributed by atoms with van der Waals surface area (Å²) in [6.45, 7) is 0. The van der Waals surface area contributed by atoms with Gasteiger partial charge >= 0.3 is 5.97 Å². The fourth-order valence-electron chi connectivity index (χ4n) is 2.15. The molecule has 0 saturated carbocycles. The number of benzene rings is 2. The van der Waals surface area contributed by atoms with Crippen LogP contribution in [-0.2, 0) is 4.79 Å². The molecule has 0 spiro atoms. The third-order valence-electron chi connectivity index (χ3n) is 3.30. The molecule has 0 unspecified atom stereocenters. The van der Waals surface area contributed by atoms with Gasteiger partial charge in [0.2, 0.25) is 0 Å². The first-order valence-electron chi connectivity index (χ1n) is 6.71. The second-order valence-corrected chi connectivity index (χ2v) is 5.77. The summed E-state index contributed by atoms with van der Waals surface area (Å²) in [5.74, 6) is -5.25. The number of halogens is 4. The second kappa shape index (κ2) is 7.48. The van der Waals surface area contributed by atoms with Crippen LogP contribution in [0.25, 0.3) is 11.1 Å². The zero-order valence-corrected chi connectivity index (χ0v) is 13.6. The molecule has 2 N–H and O–H groups in total. The number of hydrogen-bond acceptors (Lipinski definition) is 3. The van der Waals surface area contributed by atoms with Crippen molar-refractivity contribution in [3.05, 3.63) is 57.8 Å². The highest BCUT2D eigenvalue weighted by Crippen LogP contribution is 2.30. The molecule has 0 atom stereocenters. The first-order valence-corrected chi connectivity index (χ1v) is 7.51. The molecule has 0 aliphatic rings. The normalized spacial score (nSPS) is 11.6. The summed E-state index contributed by atoms with van der Waals surface area (Å²) < 4.78 is 43.6. The lowest BCUT2D eigenvalue weighted by Crippen LogP contribution is -2.12. The number of rotatable bonds is 5. The van der Waals surface area contributed by atoms with Crippen LogP contribution in [0, 0.1) is 17.5 Å². The third-order valence-corrected chi connectivity index (χ3v) is 3.83. The molecular formula is C16H11BrF3NO3. The Morgan fingerprint density at radius 1 is 1.08 bits per heavy atom. The fraction of sp³-hybridized carbons (Fsp3) is 0.125. The van der Waals surface area contributed by atoms with E-state index in [0.29, 0.717) is 4.47 Å². The van der Waals surface area contributed by atoms with Crippen LogP contribution in [0.1, 0.15) is 18.4 Å². The van der Waals surface area contributed by atoms with Crippen LogP contribution in [0.2, 0.25) is 0 Å². The van der Waals surface area contributed by atoms with E-state index >= 15 is 0 Å². The maximum Gasteiger partial charge on any atom is 0.303 e. The van der Waals surface area contributed by atoms with Gasteiger partial charge in [0.1, 0.15) is 5.82 Å². The van der Waals surface area contributed by atoms with Crippen molar-refractivity contribution in [1.29, 1.82) is 0 Å². The molecule has 2 rings (SSSR count). The number of oxime groups is 1.